The van der Waals surface area contributed by atoms with Gasteiger partial charge in [-0.15, -0.1) is 0 Å². The molecule has 0 aliphatic heterocycles. The Morgan fingerprint density at radius 2 is 1.43 bits per heavy atom. The molecule has 3 nitrogen and oxygen atoms in total. The van der Waals surface area contributed by atoms with Crippen molar-refractivity contribution in [2.45, 2.75) is 6.92 Å². The third-order valence-electron chi connectivity index (χ3n) is 3.03. The first-order chi connectivity index (χ1) is 10.2. The average Bonchev–Trinajstić information content (AvgIpc) is 2.54. The minimum atomic E-state index is -1.85. The highest BCUT2D eigenvalue weighted by Crippen LogP contribution is 2.02. The van der Waals surface area contributed by atoms with E-state index in [1.165, 1.54) is 23.6 Å². The third kappa shape index (κ3) is 4.32. The zero-order valence-corrected chi connectivity index (χ0v) is 13.3. The number of ether oxygens (including phenoxy) is 1. The number of carbonyl (C=O) groups excluding carboxylic acids is 1. The van der Waals surface area contributed by atoms with Crippen molar-refractivity contribution in [1.82, 2.24) is 0 Å². The van der Waals surface area contributed by atoms with Crippen LogP contribution >= 0.6 is 0 Å². The molecule has 0 saturated carbocycles. The normalized spacial score (nSPS) is 11.3. The summed E-state index contributed by atoms with van der Waals surface area (Å²) < 4.78 is 10.7. The van der Waals surface area contributed by atoms with Gasteiger partial charge in [0, 0.05) is 0 Å². The van der Waals surface area contributed by atoms with Gasteiger partial charge in [-0.2, -0.15) is 0 Å². The number of allylic oxidation sites excluding steroid dienone is 1. The Labute approximate surface area is 126 Å². The molecule has 0 spiro atoms. The maximum absolute atomic E-state index is 11.3. The van der Waals surface area contributed by atoms with Gasteiger partial charge in [-0.1, -0.05) is 60.7 Å². The lowest BCUT2D eigenvalue weighted by Crippen LogP contribution is -2.44. The number of benzene rings is 2. The molecular weight excluding hydrogens is 280 g/mol. The number of hydrogen-bond donors (Lipinski definition) is 0. The van der Waals surface area contributed by atoms with Crippen molar-refractivity contribution in [3.05, 3.63) is 72.5 Å². The van der Waals surface area contributed by atoms with Crippen LogP contribution in [-0.4, -0.2) is 22.1 Å². The predicted octanol–water partition coefficient (Wildman–Crippen LogP) is 1.62. The molecule has 0 atom stereocenters. The summed E-state index contributed by atoms with van der Waals surface area (Å²) in [6.07, 6.45) is 1.38. The predicted molar refractivity (Wildman–Crippen MR) is 86.2 cm³/mol. The summed E-state index contributed by atoms with van der Waals surface area (Å²) >= 11 is 0. The molecule has 0 bridgehead atoms. The van der Waals surface area contributed by atoms with Crippen LogP contribution in [0.1, 0.15) is 6.92 Å². The van der Waals surface area contributed by atoms with Crippen LogP contribution in [0.4, 0.5) is 0 Å². The van der Waals surface area contributed by atoms with Crippen LogP contribution in [0.2, 0.25) is 0 Å². The highest BCUT2D eigenvalue weighted by Gasteiger charge is 2.19. The van der Waals surface area contributed by atoms with E-state index in [-0.39, 0.29) is 0 Å². The summed E-state index contributed by atoms with van der Waals surface area (Å²) in [7, 11) is -0.498. The minimum Gasteiger partial charge on any atom is -0.541 e. The number of rotatable bonds is 5. The van der Waals surface area contributed by atoms with Crippen LogP contribution < -0.4 is 10.4 Å². The molecule has 0 N–H and O–H groups in total. The number of hydrogen-bond acceptors (Lipinski definition) is 3. The van der Waals surface area contributed by atoms with Gasteiger partial charge in [0.2, 0.25) is 0 Å². The van der Waals surface area contributed by atoms with E-state index in [9.17, 15) is 4.79 Å². The van der Waals surface area contributed by atoms with Crippen LogP contribution in [0, 0.1) is 0 Å². The Kier molecular flexibility index (Phi) is 5.34. The average molecular weight is 298 g/mol. The van der Waals surface area contributed by atoms with E-state index < -0.39 is 15.0 Å². The van der Waals surface area contributed by atoms with Gasteiger partial charge >= 0.3 is 5.97 Å². The fourth-order valence-electron chi connectivity index (χ4n) is 2.03. The molecule has 0 aromatic heterocycles. The summed E-state index contributed by atoms with van der Waals surface area (Å²) in [5.41, 5.74) is 0. The van der Waals surface area contributed by atoms with E-state index >= 15 is 0 Å². The van der Waals surface area contributed by atoms with E-state index in [1.54, 1.807) is 6.92 Å². The first-order valence-corrected chi connectivity index (χ1v) is 8.36. The van der Waals surface area contributed by atoms with Gasteiger partial charge in [-0.25, -0.2) is 4.79 Å². The van der Waals surface area contributed by atoms with Crippen LogP contribution in [0.5, 0.6) is 0 Å². The van der Waals surface area contributed by atoms with E-state index in [4.69, 9.17) is 4.43 Å². The van der Waals surface area contributed by atoms with Gasteiger partial charge in [-0.05, 0) is 17.3 Å². The van der Waals surface area contributed by atoms with Crippen molar-refractivity contribution in [2.75, 3.05) is 7.11 Å². The van der Waals surface area contributed by atoms with Gasteiger partial charge < -0.3 is 9.16 Å². The quantitative estimate of drug-likeness (QED) is 0.364. The van der Waals surface area contributed by atoms with E-state index in [2.05, 4.69) is 29.0 Å². The summed E-state index contributed by atoms with van der Waals surface area (Å²) in [5.74, 6) is 0.174. The second kappa shape index (κ2) is 7.45. The summed E-state index contributed by atoms with van der Waals surface area (Å²) in [4.78, 5) is 11.3. The maximum atomic E-state index is 11.3. The van der Waals surface area contributed by atoms with Gasteiger partial charge in [0.05, 0.1) is 18.9 Å². The second-order valence-electron chi connectivity index (χ2n) is 4.60. The van der Waals surface area contributed by atoms with Crippen LogP contribution in [0.25, 0.3) is 0 Å². The van der Waals surface area contributed by atoms with Crippen LogP contribution in [-0.2, 0) is 14.0 Å². The van der Waals surface area contributed by atoms with Crippen molar-refractivity contribution in [3.63, 3.8) is 0 Å². The summed E-state index contributed by atoms with van der Waals surface area (Å²) in [6.45, 7) is 1.78. The Morgan fingerprint density at radius 1 is 0.952 bits per heavy atom. The lowest BCUT2D eigenvalue weighted by molar-refractivity contribution is -0.135. The molecule has 2 aromatic rings. The van der Waals surface area contributed by atoms with Crippen LogP contribution in [0.15, 0.2) is 72.5 Å². The third-order valence-corrected chi connectivity index (χ3v) is 5.62. The molecule has 2 rings (SSSR count). The molecule has 0 heterocycles. The smallest absolute Gasteiger partial charge is 0.333 e. The molecule has 0 aliphatic carbocycles. The number of carbonyl (C=O) groups is 1. The second-order valence-corrected chi connectivity index (χ2v) is 6.93. The lowest BCUT2D eigenvalue weighted by atomic mass is 10.4. The molecule has 0 saturated heterocycles. The van der Waals surface area contributed by atoms with Crippen molar-refractivity contribution in [1.29, 1.82) is 0 Å². The first kappa shape index (κ1) is 15.1. The van der Waals surface area contributed by atoms with E-state index in [1.807, 2.05) is 36.4 Å². The zero-order valence-electron chi connectivity index (χ0n) is 12.2. The van der Waals surface area contributed by atoms with Crippen molar-refractivity contribution >= 4 is 25.4 Å². The van der Waals surface area contributed by atoms with Gasteiger partial charge in [0.25, 0.3) is 9.04 Å². The monoisotopic (exact) mass is 298 g/mol. The number of methoxy groups -OCH3 is 1. The topological polar surface area (TPSA) is 35.5 Å². The molecule has 2 aromatic carbocycles. The Balaban J connectivity index is 2.30. The molecule has 108 valence electrons. The Hall–Kier alpha value is -2.33. The van der Waals surface area contributed by atoms with E-state index in [0.717, 1.165) is 0 Å². The Morgan fingerprint density at radius 3 is 1.86 bits per heavy atom. The fraction of sp³-hybridized carbons (Fsp3) is 0.118. The van der Waals surface area contributed by atoms with E-state index in [0.29, 0.717) is 5.76 Å². The maximum Gasteiger partial charge on any atom is 0.333 e. The molecule has 4 heteroatoms. The lowest BCUT2D eigenvalue weighted by Gasteiger charge is -2.18. The molecule has 0 amide bonds. The summed E-state index contributed by atoms with van der Waals surface area (Å²) in [6, 6.07) is 20.2. The van der Waals surface area contributed by atoms with Gasteiger partial charge in [0.1, 0.15) is 0 Å². The Bertz CT molecular complexity index is 569. The molecular formula is C17H18O3Si. The van der Waals surface area contributed by atoms with Crippen LogP contribution in [0.3, 0.4) is 0 Å². The summed E-state index contributed by atoms with van der Waals surface area (Å²) in [5, 5.41) is 2.34. The molecule has 0 fully saturated rings. The zero-order chi connectivity index (χ0) is 15.1. The molecule has 0 aliphatic rings. The van der Waals surface area contributed by atoms with Gasteiger partial charge in [0.15, 0.2) is 0 Å². The van der Waals surface area contributed by atoms with Gasteiger partial charge in [-0.3, -0.25) is 0 Å². The standard InChI is InChI=1S/C17H18O3Si/c1-14(13-17(18)19-2)20-21(15-9-5-3-6-10-15)16-11-7-4-8-12-16/h3-13,21H,1-2H3. The largest absolute Gasteiger partial charge is 0.541 e. The number of esters is 1. The minimum absolute atomic E-state index is 0.402. The van der Waals surface area contributed by atoms with Crippen molar-refractivity contribution in [3.8, 4) is 0 Å². The highest BCUT2D eigenvalue weighted by molar-refractivity contribution is 6.80. The molecule has 0 unspecified atom stereocenters. The molecule has 0 radical (unpaired) electrons. The molecule has 21 heavy (non-hydrogen) atoms. The highest BCUT2D eigenvalue weighted by atomic mass is 28.3. The first-order valence-electron chi connectivity index (χ1n) is 6.73. The van der Waals surface area contributed by atoms with Crippen molar-refractivity contribution < 1.29 is 14.0 Å². The van der Waals surface area contributed by atoms with Crippen molar-refractivity contribution in [2.24, 2.45) is 0 Å². The SMILES string of the molecule is COC(=O)C=C(C)O[SiH](c1ccccc1)c1ccccc1. The fourth-order valence-corrected chi connectivity index (χ4v) is 4.27.